The van der Waals surface area contributed by atoms with Crippen molar-refractivity contribution < 1.29 is 14.0 Å². The molecule has 0 aliphatic heterocycles. The van der Waals surface area contributed by atoms with Crippen molar-refractivity contribution in [3.8, 4) is 0 Å². The van der Waals surface area contributed by atoms with Crippen molar-refractivity contribution in [1.29, 1.82) is 0 Å². The molecule has 29 heavy (non-hydrogen) atoms. The SMILES string of the molecule is C=CCNC(=O)c1cc(F)c(C)c(/C(N)=C/C=C(\N)C(=O)NC2CCCCC2)c1. The van der Waals surface area contributed by atoms with Crippen LogP contribution in [0, 0.1) is 12.7 Å². The molecular formula is C22H29FN4O2. The van der Waals surface area contributed by atoms with Crippen LogP contribution in [0.15, 0.2) is 42.6 Å². The predicted octanol–water partition coefficient (Wildman–Crippen LogP) is 2.64. The third kappa shape index (κ3) is 6.20. The van der Waals surface area contributed by atoms with Crippen molar-refractivity contribution >= 4 is 17.5 Å². The predicted molar refractivity (Wildman–Crippen MR) is 113 cm³/mol. The first-order valence-electron chi connectivity index (χ1n) is 9.77. The molecule has 0 bridgehead atoms. The average molecular weight is 400 g/mol. The van der Waals surface area contributed by atoms with Crippen molar-refractivity contribution in [1.82, 2.24) is 10.6 Å². The van der Waals surface area contributed by atoms with E-state index in [-0.39, 0.29) is 35.5 Å². The van der Waals surface area contributed by atoms with E-state index >= 15 is 0 Å². The van der Waals surface area contributed by atoms with Gasteiger partial charge in [0, 0.05) is 29.4 Å². The summed E-state index contributed by atoms with van der Waals surface area (Å²) >= 11 is 0. The number of rotatable bonds is 7. The second kappa shape index (κ2) is 10.5. The van der Waals surface area contributed by atoms with Crippen molar-refractivity contribution in [2.75, 3.05) is 6.54 Å². The largest absolute Gasteiger partial charge is 0.398 e. The maximum atomic E-state index is 14.3. The smallest absolute Gasteiger partial charge is 0.267 e. The fraction of sp³-hybridized carbons (Fsp3) is 0.364. The fourth-order valence-corrected chi connectivity index (χ4v) is 3.24. The Bertz CT molecular complexity index is 839. The zero-order chi connectivity index (χ0) is 21.4. The summed E-state index contributed by atoms with van der Waals surface area (Å²) in [6.07, 6.45) is 9.68. The summed E-state index contributed by atoms with van der Waals surface area (Å²) in [7, 11) is 0. The summed E-state index contributed by atoms with van der Waals surface area (Å²) in [5.74, 6) is -1.32. The van der Waals surface area contributed by atoms with Crippen LogP contribution in [-0.4, -0.2) is 24.4 Å². The standard InChI is InChI=1S/C22H29FN4O2/c1-3-11-26-21(28)15-12-17(14(2)18(23)13-15)19(24)9-10-20(25)22(29)27-16-7-5-4-6-8-16/h3,9-10,12-13,16H,1,4-8,11,24-25H2,2H3,(H,26,28)(H,27,29)/b19-9-,20-10-. The van der Waals surface area contributed by atoms with Gasteiger partial charge in [-0.1, -0.05) is 25.3 Å². The summed E-state index contributed by atoms with van der Waals surface area (Å²) in [6, 6.07) is 2.81. The van der Waals surface area contributed by atoms with Crippen LogP contribution in [-0.2, 0) is 4.79 Å². The van der Waals surface area contributed by atoms with Crippen LogP contribution in [0.4, 0.5) is 4.39 Å². The van der Waals surface area contributed by atoms with Gasteiger partial charge in [0.05, 0.1) is 5.70 Å². The van der Waals surface area contributed by atoms with E-state index in [4.69, 9.17) is 11.5 Å². The Morgan fingerprint density at radius 1 is 1.21 bits per heavy atom. The number of nitrogens with one attached hydrogen (secondary N) is 2. The van der Waals surface area contributed by atoms with Crippen molar-refractivity contribution in [3.63, 3.8) is 0 Å². The lowest BCUT2D eigenvalue weighted by Gasteiger charge is -2.22. The van der Waals surface area contributed by atoms with Crippen LogP contribution in [0.1, 0.15) is 53.6 Å². The maximum absolute atomic E-state index is 14.3. The minimum atomic E-state index is -0.547. The molecule has 0 saturated heterocycles. The third-order valence-electron chi connectivity index (χ3n) is 4.97. The van der Waals surface area contributed by atoms with Gasteiger partial charge in [0.2, 0.25) is 0 Å². The number of carbonyl (C=O) groups is 2. The Morgan fingerprint density at radius 2 is 1.90 bits per heavy atom. The van der Waals surface area contributed by atoms with Gasteiger partial charge in [0.25, 0.3) is 11.8 Å². The lowest BCUT2D eigenvalue weighted by atomic mass is 9.95. The van der Waals surface area contributed by atoms with Crippen LogP contribution in [0.3, 0.4) is 0 Å². The summed E-state index contributed by atoms with van der Waals surface area (Å²) in [5.41, 5.74) is 13.0. The van der Waals surface area contributed by atoms with Crippen LogP contribution in [0.25, 0.3) is 5.70 Å². The topological polar surface area (TPSA) is 110 Å². The molecule has 0 radical (unpaired) electrons. The van der Waals surface area contributed by atoms with Gasteiger partial charge < -0.3 is 22.1 Å². The number of hydrogen-bond acceptors (Lipinski definition) is 4. The summed E-state index contributed by atoms with van der Waals surface area (Å²) in [6.45, 7) is 5.36. The second-order valence-corrected chi connectivity index (χ2v) is 7.18. The first kappa shape index (κ1) is 22.2. The van der Waals surface area contributed by atoms with E-state index in [0.717, 1.165) is 31.7 Å². The summed E-state index contributed by atoms with van der Waals surface area (Å²) in [5, 5.41) is 5.52. The van der Waals surface area contributed by atoms with Gasteiger partial charge in [-0.3, -0.25) is 9.59 Å². The van der Waals surface area contributed by atoms with Crippen molar-refractivity contribution in [2.45, 2.75) is 45.1 Å². The average Bonchev–Trinajstić information content (AvgIpc) is 2.72. The zero-order valence-corrected chi connectivity index (χ0v) is 16.8. The molecule has 2 amide bonds. The molecule has 156 valence electrons. The van der Waals surface area contributed by atoms with Gasteiger partial charge in [0.1, 0.15) is 5.82 Å². The highest BCUT2D eigenvalue weighted by atomic mass is 19.1. The number of benzene rings is 1. The number of halogens is 1. The summed E-state index contributed by atoms with van der Waals surface area (Å²) < 4.78 is 14.3. The van der Waals surface area contributed by atoms with E-state index in [1.54, 1.807) is 6.92 Å². The highest BCUT2D eigenvalue weighted by molar-refractivity contribution is 5.95. The second-order valence-electron chi connectivity index (χ2n) is 7.18. The van der Waals surface area contributed by atoms with Crippen molar-refractivity contribution in [3.05, 3.63) is 65.1 Å². The van der Waals surface area contributed by atoms with E-state index < -0.39 is 11.7 Å². The Balaban J connectivity index is 2.17. The molecule has 0 atom stereocenters. The molecule has 0 unspecified atom stereocenters. The molecule has 7 heteroatoms. The van der Waals surface area contributed by atoms with Crippen LogP contribution < -0.4 is 22.1 Å². The van der Waals surface area contributed by atoms with Gasteiger partial charge in [0.15, 0.2) is 0 Å². The lowest BCUT2D eigenvalue weighted by Crippen LogP contribution is -2.38. The molecule has 0 aromatic heterocycles. The molecular weight excluding hydrogens is 371 g/mol. The highest BCUT2D eigenvalue weighted by Gasteiger charge is 2.17. The molecule has 1 aliphatic carbocycles. The summed E-state index contributed by atoms with van der Waals surface area (Å²) in [4.78, 5) is 24.3. The number of hydrogen-bond donors (Lipinski definition) is 4. The van der Waals surface area contributed by atoms with Gasteiger partial charge in [-0.25, -0.2) is 4.39 Å². The van der Waals surface area contributed by atoms with Crippen LogP contribution in [0.2, 0.25) is 0 Å². The number of nitrogens with two attached hydrogens (primary N) is 2. The Hall–Kier alpha value is -3.09. The van der Waals surface area contributed by atoms with Gasteiger partial charge in [-0.05, 0) is 49.6 Å². The monoisotopic (exact) mass is 400 g/mol. The van der Waals surface area contributed by atoms with Crippen LogP contribution in [0.5, 0.6) is 0 Å². The molecule has 0 spiro atoms. The first-order valence-corrected chi connectivity index (χ1v) is 9.77. The minimum absolute atomic E-state index is 0.0246. The normalized spacial score (nSPS) is 15.7. The molecule has 1 aromatic rings. The van der Waals surface area contributed by atoms with E-state index in [9.17, 15) is 14.0 Å². The van der Waals surface area contributed by atoms with E-state index in [2.05, 4.69) is 17.2 Å². The quantitative estimate of drug-likeness (QED) is 0.320. The highest BCUT2D eigenvalue weighted by Crippen LogP contribution is 2.21. The van der Waals surface area contributed by atoms with Gasteiger partial charge >= 0.3 is 0 Å². The molecule has 6 nitrogen and oxygen atoms in total. The molecule has 2 rings (SSSR count). The zero-order valence-electron chi connectivity index (χ0n) is 16.8. The number of allylic oxidation sites excluding steroid dienone is 2. The Morgan fingerprint density at radius 3 is 2.55 bits per heavy atom. The van der Waals surface area contributed by atoms with Crippen LogP contribution >= 0.6 is 0 Å². The molecule has 1 saturated carbocycles. The third-order valence-corrected chi connectivity index (χ3v) is 4.97. The Kier molecular flexibility index (Phi) is 8.00. The number of carbonyl (C=O) groups excluding carboxylic acids is 2. The van der Waals surface area contributed by atoms with Gasteiger partial charge in [-0.15, -0.1) is 6.58 Å². The van der Waals surface area contributed by atoms with Gasteiger partial charge in [-0.2, -0.15) is 0 Å². The number of amides is 2. The fourth-order valence-electron chi connectivity index (χ4n) is 3.24. The van der Waals surface area contributed by atoms with E-state index in [0.29, 0.717) is 11.1 Å². The van der Waals surface area contributed by atoms with E-state index in [1.165, 1.54) is 30.7 Å². The first-order chi connectivity index (χ1) is 13.8. The molecule has 1 aromatic carbocycles. The minimum Gasteiger partial charge on any atom is -0.398 e. The molecule has 0 heterocycles. The lowest BCUT2D eigenvalue weighted by molar-refractivity contribution is -0.118. The molecule has 1 aliphatic rings. The molecule has 1 fully saturated rings. The van der Waals surface area contributed by atoms with E-state index in [1.807, 2.05) is 0 Å². The molecule has 6 N–H and O–H groups in total. The van der Waals surface area contributed by atoms with Crippen molar-refractivity contribution in [2.24, 2.45) is 11.5 Å². The maximum Gasteiger partial charge on any atom is 0.267 e. The Labute approximate surface area is 170 Å².